The third kappa shape index (κ3) is 5.44. The number of carboxylic acid groups (broad SMARTS) is 1. The molecule has 0 amide bonds. The molecule has 1 aromatic heterocycles. The van der Waals surface area contributed by atoms with E-state index in [0.29, 0.717) is 5.02 Å². The highest BCUT2D eigenvalue weighted by Crippen LogP contribution is 2.43. The van der Waals surface area contributed by atoms with Crippen LogP contribution in [0, 0.1) is 5.82 Å². The quantitative estimate of drug-likeness (QED) is 0.254. The molecule has 2 atom stereocenters. The molecule has 4 aromatic rings. The van der Waals surface area contributed by atoms with Crippen LogP contribution in [0.2, 0.25) is 5.02 Å². The standard InChI is InChI=1S/C28H23ClFNO2S/c1-2-23(24-13-12-22(30)15-25(24)29)28(20-6-3-18(4-7-20)5-14-27(32)33)21-10-8-19(9-11-21)26-16-31-17-34-26/h3-17,23,28H,2H2,1H3,(H,32,33)/b14-5+. The number of hydrogen-bond donors (Lipinski definition) is 1. The van der Waals surface area contributed by atoms with Crippen molar-refractivity contribution in [1.29, 1.82) is 0 Å². The SMILES string of the molecule is CCC(c1ccc(F)cc1Cl)C(c1ccc(/C=C/C(=O)O)cc1)c1ccc(-c2cncs2)cc1. The summed E-state index contributed by atoms with van der Waals surface area (Å²) in [6.07, 6.45) is 5.35. The Bertz CT molecular complexity index is 1290. The summed E-state index contributed by atoms with van der Waals surface area (Å²) in [7, 11) is 0. The number of aliphatic carboxylic acids is 1. The number of aromatic nitrogens is 1. The normalized spacial score (nSPS) is 13.1. The smallest absolute Gasteiger partial charge is 0.328 e. The highest BCUT2D eigenvalue weighted by molar-refractivity contribution is 7.13. The summed E-state index contributed by atoms with van der Waals surface area (Å²) in [6.45, 7) is 2.10. The molecule has 0 radical (unpaired) electrons. The summed E-state index contributed by atoms with van der Waals surface area (Å²) in [5, 5.41) is 9.32. The van der Waals surface area contributed by atoms with E-state index in [4.69, 9.17) is 16.7 Å². The van der Waals surface area contributed by atoms with Crippen molar-refractivity contribution in [1.82, 2.24) is 4.98 Å². The van der Waals surface area contributed by atoms with E-state index in [1.165, 1.54) is 12.1 Å². The molecule has 0 aliphatic rings. The van der Waals surface area contributed by atoms with E-state index >= 15 is 0 Å². The van der Waals surface area contributed by atoms with Gasteiger partial charge in [-0.3, -0.25) is 4.98 Å². The van der Waals surface area contributed by atoms with Crippen LogP contribution in [0.3, 0.4) is 0 Å². The average molecular weight is 492 g/mol. The van der Waals surface area contributed by atoms with E-state index in [9.17, 15) is 9.18 Å². The number of rotatable bonds is 8. The van der Waals surface area contributed by atoms with Gasteiger partial charge in [-0.2, -0.15) is 0 Å². The molecule has 1 N–H and O–H groups in total. The Hall–Kier alpha value is -3.28. The van der Waals surface area contributed by atoms with Crippen molar-refractivity contribution in [3.63, 3.8) is 0 Å². The molecule has 0 saturated heterocycles. The molecule has 0 spiro atoms. The molecule has 4 rings (SSSR count). The molecule has 3 aromatic carbocycles. The van der Waals surface area contributed by atoms with Gasteiger partial charge < -0.3 is 5.11 Å². The molecule has 6 heteroatoms. The molecule has 0 aliphatic heterocycles. The van der Waals surface area contributed by atoms with E-state index in [1.807, 2.05) is 36.0 Å². The van der Waals surface area contributed by atoms with Gasteiger partial charge in [-0.05, 0) is 58.4 Å². The first-order valence-corrected chi connectivity index (χ1v) is 12.2. The maximum atomic E-state index is 13.8. The maximum absolute atomic E-state index is 13.8. The van der Waals surface area contributed by atoms with Crippen LogP contribution in [0.25, 0.3) is 16.5 Å². The van der Waals surface area contributed by atoms with Gasteiger partial charge in [0.25, 0.3) is 0 Å². The lowest BCUT2D eigenvalue weighted by atomic mass is 9.75. The van der Waals surface area contributed by atoms with Crippen molar-refractivity contribution < 1.29 is 14.3 Å². The summed E-state index contributed by atoms with van der Waals surface area (Å²) >= 11 is 8.09. The van der Waals surface area contributed by atoms with Crippen LogP contribution in [0.5, 0.6) is 0 Å². The number of benzene rings is 3. The molecule has 172 valence electrons. The Morgan fingerprint density at radius 2 is 1.76 bits per heavy atom. The number of carboxylic acids is 1. The van der Waals surface area contributed by atoms with Gasteiger partial charge >= 0.3 is 5.97 Å². The third-order valence-corrected chi connectivity index (χ3v) is 7.05. The number of carbonyl (C=O) groups is 1. The third-order valence-electron chi connectivity index (χ3n) is 5.90. The highest BCUT2D eigenvalue weighted by atomic mass is 35.5. The van der Waals surface area contributed by atoms with E-state index in [2.05, 4.69) is 36.2 Å². The Kier molecular flexibility index (Phi) is 7.56. The lowest BCUT2D eigenvalue weighted by Crippen LogP contribution is -2.13. The van der Waals surface area contributed by atoms with Crippen molar-refractivity contribution in [2.24, 2.45) is 0 Å². The minimum atomic E-state index is -0.986. The van der Waals surface area contributed by atoms with Gasteiger partial charge in [0.15, 0.2) is 0 Å². The Labute approximate surface area is 207 Å². The van der Waals surface area contributed by atoms with Gasteiger partial charge in [-0.1, -0.05) is 73.1 Å². The van der Waals surface area contributed by atoms with Crippen LogP contribution >= 0.6 is 22.9 Å². The van der Waals surface area contributed by atoms with Gasteiger partial charge in [0, 0.05) is 23.2 Å². The topological polar surface area (TPSA) is 50.2 Å². The molecule has 0 fully saturated rings. The summed E-state index contributed by atoms with van der Waals surface area (Å²) < 4.78 is 13.8. The zero-order valence-corrected chi connectivity index (χ0v) is 20.1. The fourth-order valence-corrected chi connectivity index (χ4v) is 5.23. The van der Waals surface area contributed by atoms with Crippen LogP contribution in [0.1, 0.15) is 47.4 Å². The second-order valence-electron chi connectivity index (χ2n) is 7.98. The number of halogens is 2. The van der Waals surface area contributed by atoms with Crippen molar-refractivity contribution in [2.45, 2.75) is 25.2 Å². The Morgan fingerprint density at radius 1 is 1.09 bits per heavy atom. The number of thiazole rings is 1. The fourth-order valence-electron chi connectivity index (χ4n) is 4.29. The van der Waals surface area contributed by atoms with Crippen LogP contribution in [-0.4, -0.2) is 16.1 Å². The van der Waals surface area contributed by atoms with Gasteiger partial charge in [-0.15, -0.1) is 11.3 Å². The van der Waals surface area contributed by atoms with Gasteiger partial charge in [0.2, 0.25) is 0 Å². The molecule has 34 heavy (non-hydrogen) atoms. The molecular weight excluding hydrogens is 469 g/mol. The second-order valence-corrected chi connectivity index (χ2v) is 9.28. The first-order chi connectivity index (χ1) is 16.5. The lowest BCUT2D eigenvalue weighted by molar-refractivity contribution is -0.131. The van der Waals surface area contributed by atoms with Crippen molar-refractivity contribution in [3.05, 3.63) is 118 Å². The van der Waals surface area contributed by atoms with E-state index < -0.39 is 5.97 Å². The first-order valence-electron chi connectivity index (χ1n) is 10.9. The van der Waals surface area contributed by atoms with E-state index in [1.54, 1.807) is 23.5 Å². The van der Waals surface area contributed by atoms with Crippen LogP contribution in [-0.2, 0) is 4.79 Å². The van der Waals surface area contributed by atoms with Crippen LogP contribution in [0.15, 0.2) is 84.5 Å². The summed E-state index contributed by atoms with van der Waals surface area (Å²) in [6, 6.07) is 20.9. The molecule has 0 saturated carbocycles. The summed E-state index contributed by atoms with van der Waals surface area (Å²) in [5.41, 5.74) is 6.82. The zero-order chi connectivity index (χ0) is 24.1. The fraction of sp³-hybridized carbons (Fsp3) is 0.143. The van der Waals surface area contributed by atoms with Crippen LogP contribution < -0.4 is 0 Å². The lowest BCUT2D eigenvalue weighted by Gasteiger charge is -2.29. The van der Waals surface area contributed by atoms with Gasteiger partial charge in [0.05, 0.1) is 10.4 Å². The van der Waals surface area contributed by atoms with Gasteiger partial charge in [-0.25, -0.2) is 9.18 Å². The number of hydrogen-bond acceptors (Lipinski definition) is 3. The minimum absolute atomic E-state index is 0.0165. The number of nitrogens with zero attached hydrogens (tertiary/aromatic N) is 1. The maximum Gasteiger partial charge on any atom is 0.328 e. The van der Waals surface area contributed by atoms with E-state index in [0.717, 1.165) is 45.2 Å². The monoisotopic (exact) mass is 491 g/mol. The Morgan fingerprint density at radius 3 is 2.32 bits per heavy atom. The summed E-state index contributed by atoms with van der Waals surface area (Å²) in [5.74, 6) is -1.35. The average Bonchev–Trinajstić information content (AvgIpc) is 3.37. The molecule has 2 unspecified atom stereocenters. The molecule has 1 heterocycles. The Balaban J connectivity index is 1.77. The van der Waals surface area contributed by atoms with Crippen LogP contribution in [0.4, 0.5) is 4.39 Å². The largest absolute Gasteiger partial charge is 0.478 e. The summed E-state index contributed by atoms with van der Waals surface area (Å²) in [4.78, 5) is 16.1. The zero-order valence-electron chi connectivity index (χ0n) is 18.5. The van der Waals surface area contributed by atoms with Crippen molar-refractivity contribution in [3.8, 4) is 10.4 Å². The molecule has 0 bridgehead atoms. The predicted octanol–water partition coefficient (Wildman–Crippen LogP) is 8.03. The molecular formula is C28H23ClFNO2S. The van der Waals surface area contributed by atoms with Crippen molar-refractivity contribution in [2.75, 3.05) is 0 Å². The molecule has 0 aliphatic carbocycles. The minimum Gasteiger partial charge on any atom is -0.478 e. The predicted molar refractivity (Wildman–Crippen MR) is 137 cm³/mol. The van der Waals surface area contributed by atoms with Gasteiger partial charge in [0.1, 0.15) is 5.82 Å². The highest BCUT2D eigenvalue weighted by Gasteiger charge is 2.27. The van der Waals surface area contributed by atoms with Crippen molar-refractivity contribution >= 4 is 35.0 Å². The first kappa shape index (κ1) is 23.9. The van der Waals surface area contributed by atoms with E-state index in [-0.39, 0.29) is 17.7 Å². The molecule has 3 nitrogen and oxygen atoms in total. The second kappa shape index (κ2) is 10.8.